The van der Waals surface area contributed by atoms with Crippen LogP contribution in [-0.4, -0.2) is 20.3 Å². The average molecular weight is 233 g/mol. The molecule has 3 heteroatoms. The maximum Gasteiger partial charge on any atom is 0.164 e. The van der Waals surface area contributed by atoms with Crippen LogP contribution in [0.3, 0.4) is 0 Å². The lowest BCUT2D eigenvalue weighted by atomic mass is 9.95. The van der Waals surface area contributed by atoms with Gasteiger partial charge >= 0.3 is 0 Å². The first-order chi connectivity index (χ1) is 8.38. The Kier molecular flexibility index (Phi) is 2.93. The number of methoxy groups -OCH3 is 1. The molecule has 0 spiro atoms. The van der Waals surface area contributed by atoms with Gasteiger partial charge in [-0.3, -0.25) is 0 Å². The number of ether oxygens (including phenoxy) is 2. The van der Waals surface area contributed by atoms with Crippen LogP contribution in [-0.2, 0) is 6.42 Å². The molecule has 1 fully saturated rings. The smallest absolute Gasteiger partial charge is 0.164 e. The number of fused-ring (bicyclic) bond motifs is 1. The predicted molar refractivity (Wildman–Crippen MR) is 66.8 cm³/mol. The molecule has 0 aromatic heterocycles. The zero-order valence-electron chi connectivity index (χ0n) is 10.3. The molecule has 0 radical (unpaired) electrons. The number of hydrogen-bond acceptors (Lipinski definition) is 3. The molecule has 0 bridgehead atoms. The van der Waals surface area contributed by atoms with Crippen LogP contribution in [0.1, 0.15) is 36.4 Å². The van der Waals surface area contributed by atoms with Crippen LogP contribution in [0.15, 0.2) is 12.1 Å². The third-order valence-corrected chi connectivity index (χ3v) is 3.70. The fourth-order valence-electron chi connectivity index (χ4n) is 2.79. The third kappa shape index (κ3) is 2.00. The highest BCUT2D eigenvalue weighted by Crippen LogP contribution is 2.39. The van der Waals surface area contributed by atoms with Crippen LogP contribution in [0.4, 0.5) is 0 Å². The first-order valence-electron chi connectivity index (χ1n) is 6.45. The monoisotopic (exact) mass is 233 g/mol. The van der Waals surface area contributed by atoms with Gasteiger partial charge in [0.2, 0.25) is 0 Å². The predicted octanol–water partition coefficient (Wildman–Crippen LogP) is 2.44. The van der Waals surface area contributed by atoms with Crippen LogP contribution < -0.4 is 14.8 Å². The molecule has 2 aliphatic rings. The van der Waals surface area contributed by atoms with Crippen LogP contribution in [0.2, 0.25) is 0 Å². The second kappa shape index (κ2) is 4.57. The molecule has 0 amide bonds. The standard InChI is InChI=1S/C14H19NO2/c1-16-13-9-11(12-4-2-3-6-15-12)8-10-5-7-17-14(10)13/h8-9,12,15H,2-7H2,1H3. The molecule has 2 heterocycles. The number of hydrogen-bond donors (Lipinski definition) is 1. The van der Waals surface area contributed by atoms with E-state index in [1.165, 1.54) is 30.4 Å². The van der Waals surface area contributed by atoms with Gasteiger partial charge in [0.15, 0.2) is 11.5 Å². The summed E-state index contributed by atoms with van der Waals surface area (Å²) < 4.78 is 11.1. The van der Waals surface area contributed by atoms with Crippen molar-refractivity contribution in [1.82, 2.24) is 5.32 Å². The number of rotatable bonds is 2. The van der Waals surface area contributed by atoms with Gasteiger partial charge in [-0.1, -0.05) is 12.5 Å². The van der Waals surface area contributed by atoms with Crippen molar-refractivity contribution in [3.8, 4) is 11.5 Å². The van der Waals surface area contributed by atoms with E-state index in [4.69, 9.17) is 9.47 Å². The molecule has 3 rings (SSSR count). The van der Waals surface area contributed by atoms with Gasteiger partial charge in [0.25, 0.3) is 0 Å². The zero-order chi connectivity index (χ0) is 11.7. The van der Waals surface area contributed by atoms with E-state index in [0.717, 1.165) is 31.1 Å². The topological polar surface area (TPSA) is 30.5 Å². The van der Waals surface area contributed by atoms with Gasteiger partial charge in [-0.15, -0.1) is 0 Å². The zero-order valence-corrected chi connectivity index (χ0v) is 10.3. The lowest BCUT2D eigenvalue weighted by molar-refractivity contribution is 0.325. The molecule has 17 heavy (non-hydrogen) atoms. The lowest BCUT2D eigenvalue weighted by Crippen LogP contribution is -2.26. The van der Waals surface area contributed by atoms with Crippen molar-refractivity contribution >= 4 is 0 Å². The largest absolute Gasteiger partial charge is 0.493 e. The van der Waals surface area contributed by atoms with E-state index in [9.17, 15) is 0 Å². The van der Waals surface area contributed by atoms with Gasteiger partial charge in [-0.05, 0) is 31.0 Å². The van der Waals surface area contributed by atoms with Crippen LogP contribution in [0, 0.1) is 0 Å². The Balaban J connectivity index is 1.94. The Morgan fingerprint density at radius 2 is 2.29 bits per heavy atom. The molecule has 0 aliphatic carbocycles. The summed E-state index contributed by atoms with van der Waals surface area (Å²) in [6.07, 6.45) is 4.84. The van der Waals surface area contributed by atoms with Gasteiger partial charge in [0.1, 0.15) is 0 Å². The van der Waals surface area contributed by atoms with Crippen molar-refractivity contribution in [2.24, 2.45) is 0 Å². The van der Waals surface area contributed by atoms with Gasteiger partial charge in [-0.25, -0.2) is 0 Å². The molecular weight excluding hydrogens is 214 g/mol. The van der Waals surface area contributed by atoms with Gasteiger partial charge in [0, 0.05) is 18.0 Å². The summed E-state index contributed by atoms with van der Waals surface area (Å²) in [5.41, 5.74) is 2.65. The first-order valence-corrected chi connectivity index (χ1v) is 6.45. The lowest BCUT2D eigenvalue weighted by Gasteiger charge is -2.24. The summed E-state index contributed by atoms with van der Waals surface area (Å²) in [6, 6.07) is 4.91. The Bertz CT molecular complexity index is 411. The molecule has 1 N–H and O–H groups in total. The average Bonchev–Trinajstić information content (AvgIpc) is 2.86. The van der Waals surface area contributed by atoms with E-state index in [1.54, 1.807) is 7.11 Å². The second-order valence-electron chi connectivity index (χ2n) is 4.81. The van der Waals surface area contributed by atoms with Crippen LogP contribution in [0.25, 0.3) is 0 Å². The summed E-state index contributed by atoms with van der Waals surface area (Å²) in [5, 5.41) is 3.58. The summed E-state index contributed by atoms with van der Waals surface area (Å²) >= 11 is 0. The maximum absolute atomic E-state index is 5.62. The van der Waals surface area contributed by atoms with Crippen molar-refractivity contribution in [3.63, 3.8) is 0 Å². The third-order valence-electron chi connectivity index (χ3n) is 3.70. The number of nitrogens with one attached hydrogen (secondary N) is 1. The minimum atomic E-state index is 0.489. The van der Waals surface area contributed by atoms with Crippen molar-refractivity contribution in [1.29, 1.82) is 0 Å². The Hall–Kier alpha value is -1.22. The van der Waals surface area contributed by atoms with Gasteiger partial charge < -0.3 is 14.8 Å². The fraction of sp³-hybridized carbons (Fsp3) is 0.571. The molecular formula is C14H19NO2. The van der Waals surface area contributed by atoms with Crippen molar-refractivity contribution in [2.75, 3.05) is 20.3 Å². The molecule has 1 aromatic rings. The molecule has 2 aliphatic heterocycles. The Morgan fingerprint density at radius 3 is 3.06 bits per heavy atom. The molecule has 0 saturated carbocycles. The first kappa shape index (κ1) is 10.9. The van der Waals surface area contributed by atoms with E-state index >= 15 is 0 Å². The van der Waals surface area contributed by atoms with E-state index < -0.39 is 0 Å². The van der Waals surface area contributed by atoms with Gasteiger partial charge in [-0.2, -0.15) is 0 Å². The molecule has 1 saturated heterocycles. The number of benzene rings is 1. The van der Waals surface area contributed by atoms with Gasteiger partial charge in [0.05, 0.1) is 13.7 Å². The molecule has 1 atom stereocenters. The molecule has 1 aromatic carbocycles. The summed E-state index contributed by atoms with van der Waals surface area (Å²) in [6.45, 7) is 1.91. The summed E-state index contributed by atoms with van der Waals surface area (Å²) in [4.78, 5) is 0. The fourth-order valence-corrected chi connectivity index (χ4v) is 2.79. The summed E-state index contributed by atoms with van der Waals surface area (Å²) in [7, 11) is 1.72. The maximum atomic E-state index is 5.62. The Morgan fingerprint density at radius 1 is 1.35 bits per heavy atom. The summed E-state index contributed by atoms with van der Waals surface area (Å²) in [5.74, 6) is 1.84. The van der Waals surface area contributed by atoms with E-state index in [1.807, 2.05) is 0 Å². The van der Waals surface area contributed by atoms with Crippen LogP contribution >= 0.6 is 0 Å². The second-order valence-corrected chi connectivity index (χ2v) is 4.81. The highest BCUT2D eigenvalue weighted by atomic mass is 16.5. The van der Waals surface area contributed by atoms with Crippen molar-refractivity contribution in [3.05, 3.63) is 23.3 Å². The molecule has 1 unspecified atom stereocenters. The SMILES string of the molecule is COc1cc(C2CCCCN2)cc2c1OCC2. The highest BCUT2D eigenvalue weighted by Gasteiger charge is 2.22. The minimum Gasteiger partial charge on any atom is -0.493 e. The quantitative estimate of drug-likeness (QED) is 0.851. The van der Waals surface area contributed by atoms with E-state index in [2.05, 4.69) is 17.4 Å². The van der Waals surface area contributed by atoms with Crippen LogP contribution in [0.5, 0.6) is 11.5 Å². The Labute approximate surface area is 102 Å². The van der Waals surface area contributed by atoms with E-state index in [-0.39, 0.29) is 0 Å². The van der Waals surface area contributed by atoms with Crippen molar-refractivity contribution in [2.45, 2.75) is 31.7 Å². The minimum absolute atomic E-state index is 0.489. The molecule has 3 nitrogen and oxygen atoms in total. The van der Waals surface area contributed by atoms with E-state index in [0.29, 0.717) is 6.04 Å². The molecule has 92 valence electrons. The normalized spacial score (nSPS) is 23.0. The number of piperidine rings is 1. The van der Waals surface area contributed by atoms with Crippen molar-refractivity contribution < 1.29 is 9.47 Å². The highest BCUT2D eigenvalue weighted by molar-refractivity contribution is 5.52.